The number of benzene rings is 2. The van der Waals surface area contributed by atoms with Crippen LogP contribution in [0.2, 0.25) is 0 Å². The number of rotatable bonds is 7. The second-order valence-corrected chi connectivity index (χ2v) is 6.89. The average molecular weight is 368 g/mol. The minimum absolute atomic E-state index is 0.0289. The summed E-state index contributed by atoms with van der Waals surface area (Å²) in [7, 11) is 1.95. The van der Waals surface area contributed by atoms with Crippen molar-refractivity contribution >= 4 is 23.4 Å². The Bertz CT molecular complexity index is 864. The van der Waals surface area contributed by atoms with E-state index in [2.05, 4.69) is 10.3 Å². The van der Waals surface area contributed by atoms with E-state index in [0.29, 0.717) is 19.0 Å². The van der Waals surface area contributed by atoms with Crippen LogP contribution >= 0.6 is 11.8 Å². The Balaban J connectivity index is 1.56. The van der Waals surface area contributed by atoms with Gasteiger partial charge in [0.25, 0.3) is 11.8 Å². The third-order valence-electron chi connectivity index (χ3n) is 3.91. The zero-order chi connectivity index (χ0) is 18.4. The third-order valence-corrected chi connectivity index (χ3v) is 4.70. The maximum atomic E-state index is 12.3. The molecule has 2 N–H and O–H groups in total. The van der Waals surface area contributed by atoms with Crippen LogP contribution in [0.25, 0.3) is 11.3 Å². The first-order valence-electron chi connectivity index (χ1n) is 8.40. The number of thioether (sulfide) groups is 1. The highest BCUT2D eigenvalue weighted by Crippen LogP contribution is 2.24. The molecular weight excluding hydrogens is 346 g/mol. The number of oxazole rings is 1. The lowest BCUT2D eigenvalue weighted by molar-refractivity contribution is -0.886. The van der Waals surface area contributed by atoms with Crippen LogP contribution in [0.15, 0.2) is 70.1 Å². The molecule has 1 amide bonds. The number of hydrogen-bond donors (Lipinski definition) is 2. The van der Waals surface area contributed by atoms with E-state index < -0.39 is 0 Å². The monoisotopic (exact) mass is 368 g/mol. The molecule has 0 bridgehead atoms. The number of quaternary nitrogens is 1. The summed E-state index contributed by atoms with van der Waals surface area (Å²) in [6, 6.07) is 17.7. The lowest BCUT2D eigenvalue weighted by Crippen LogP contribution is -3.08. The molecule has 0 saturated heterocycles. The van der Waals surface area contributed by atoms with Gasteiger partial charge >= 0.3 is 0 Å². The molecule has 1 aromatic heterocycles. The fourth-order valence-electron chi connectivity index (χ4n) is 2.66. The minimum Gasteiger partial charge on any atom is -0.435 e. The molecule has 134 valence electrons. The van der Waals surface area contributed by atoms with E-state index in [1.165, 1.54) is 0 Å². The molecule has 6 heteroatoms. The lowest BCUT2D eigenvalue weighted by atomic mass is 10.2. The standard InChI is InChI=1S/C20H21N3O2S/c1-23(13-19(24)22-16-10-6-7-11-18(16)26-2)14-20-21-12-17(25-20)15-8-4-3-5-9-15/h3-12H,13-14H2,1-2H3,(H,22,24)/p+1. The van der Waals surface area contributed by atoms with Crippen molar-refractivity contribution in [1.82, 2.24) is 4.98 Å². The van der Waals surface area contributed by atoms with Crippen LogP contribution in [0.5, 0.6) is 0 Å². The maximum Gasteiger partial charge on any atom is 0.279 e. The fourth-order valence-corrected chi connectivity index (χ4v) is 3.22. The zero-order valence-electron chi connectivity index (χ0n) is 14.9. The minimum atomic E-state index is -0.0289. The topological polar surface area (TPSA) is 59.6 Å². The van der Waals surface area contributed by atoms with E-state index in [1.807, 2.05) is 67.9 Å². The SMILES string of the molecule is CSc1ccccc1NC(=O)C[NH+](C)Cc1ncc(-c2ccccc2)o1. The van der Waals surface area contributed by atoms with Crippen molar-refractivity contribution in [3.05, 3.63) is 66.7 Å². The van der Waals surface area contributed by atoms with Gasteiger partial charge in [0.15, 0.2) is 18.8 Å². The molecule has 2 aromatic carbocycles. The van der Waals surface area contributed by atoms with Gasteiger partial charge in [0.2, 0.25) is 0 Å². The molecule has 0 aliphatic carbocycles. The number of hydrogen-bond acceptors (Lipinski definition) is 4. The molecule has 1 heterocycles. The van der Waals surface area contributed by atoms with Crippen molar-refractivity contribution < 1.29 is 14.1 Å². The van der Waals surface area contributed by atoms with E-state index in [0.717, 1.165) is 26.8 Å². The summed E-state index contributed by atoms with van der Waals surface area (Å²) in [4.78, 5) is 18.7. The highest BCUT2D eigenvalue weighted by Gasteiger charge is 2.15. The van der Waals surface area contributed by atoms with E-state index in [4.69, 9.17) is 4.42 Å². The number of aromatic nitrogens is 1. The smallest absolute Gasteiger partial charge is 0.279 e. The summed E-state index contributed by atoms with van der Waals surface area (Å²) in [5.74, 6) is 1.34. The molecule has 0 radical (unpaired) electrons. The van der Waals surface area contributed by atoms with Crippen LogP contribution in [0.3, 0.4) is 0 Å². The van der Waals surface area contributed by atoms with Crippen LogP contribution in [0.4, 0.5) is 5.69 Å². The predicted molar refractivity (Wildman–Crippen MR) is 104 cm³/mol. The van der Waals surface area contributed by atoms with Gasteiger partial charge in [-0.1, -0.05) is 42.5 Å². The number of nitrogens with zero attached hydrogens (tertiary/aromatic N) is 1. The molecule has 3 rings (SSSR count). The molecule has 0 aliphatic rings. The van der Waals surface area contributed by atoms with Gasteiger partial charge in [-0.25, -0.2) is 4.98 Å². The molecule has 0 aliphatic heterocycles. The van der Waals surface area contributed by atoms with Crippen molar-refractivity contribution in [2.75, 3.05) is 25.2 Å². The van der Waals surface area contributed by atoms with Gasteiger partial charge in [-0.2, -0.15) is 0 Å². The van der Waals surface area contributed by atoms with Gasteiger partial charge in [0.05, 0.1) is 18.9 Å². The number of amides is 1. The van der Waals surface area contributed by atoms with Crippen molar-refractivity contribution in [2.24, 2.45) is 0 Å². The molecule has 0 fully saturated rings. The molecule has 26 heavy (non-hydrogen) atoms. The predicted octanol–water partition coefficient (Wildman–Crippen LogP) is 2.72. The Morgan fingerprint density at radius 3 is 2.65 bits per heavy atom. The molecule has 3 aromatic rings. The number of para-hydroxylation sites is 1. The number of anilines is 1. The second-order valence-electron chi connectivity index (χ2n) is 6.04. The normalized spacial score (nSPS) is 11.9. The molecule has 0 spiro atoms. The van der Waals surface area contributed by atoms with E-state index in [9.17, 15) is 4.79 Å². The van der Waals surface area contributed by atoms with Gasteiger partial charge in [-0.05, 0) is 18.4 Å². The fraction of sp³-hybridized carbons (Fsp3) is 0.200. The number of carbonyl (C=O) groups excluding carboxylic acids is 1. The van der Waals surface area contributed by atoms with E-state index in [-0.39, 0.29) is 5.91 Å². The van der Waals surface area contributed by atoms with Crippen LogP contribution in [-0.4, -0.2) is 30.7 Å². The molecule has 1 unspecified atom stereocenters. The van der Waals surface area contributed by atoms with Gasteiger partial charge in [-0.3, -0.25) is 4.79 Å². The first-order valence-corrected chi connectivity index (χ1v) is 9.62. The summed E-state index contributed by atoms with van der Waals surface area (Å²) in [6.45, 7) is 0.885. The van der Waals surface area contributed by atoms with Crippen molar-refractivity contribution in [2.45, 2.75) is 11.4 Å². The quantitative estimate of drug-likeness (QED) is 0.630. The first kappa shape index (κ1) is 18.2. The van der Waals surface area contributed by atoms with Gasteiger partial charge in [-0.15, -0.1) is 11.8 Å². The Morgan fingerprint density at radius 1 is 1.15 bits per heavy atom. The van der Waals surface area contributed by atoms with Gasteiger partial charge in [0.1, 0.15) is 0 Å². The molecule has 0 saturated carbocycles. The van der Waals surface area contributed by atoms with Gasteiger partial charge in [0, 0.05) is 10.5 Å². The number of nitrogens with one attached hydrogen (secondary N) is 2. The van der Waals surface area contributed by atoms with E-state index in [1.54, 1.807) is 18.0 Å². The Labute approximate surface area is 157 Å². The van der Waals surface area contributed by atoms with Crippen molar-refractivity contribution in [3.8, 4) is 11.3 Å². The number of likely N-dealkylation sites (N-methyl/N-ethyl adjacent to an activating group) is 1. The summed E-state index contributed by atoms with van der Waals surface area (Å²) < 4.78 is 5.81. The first-order chi connectivity index (χ1) is 12.7. The summed E-state index contributed by atoms with van der Waals surface area (Å²) in [5, 5.41) is 2.98. The second kappa shape index (κ2) is 8.69. The molecular formula is C20H22N3O2S+. The summed E-state index contributed by atoms with van der Waals surface area (Å²) in [6.07, 6.45) is 3.72. The van der Waals surface area contributed by atoms with Crippen molar-refractivity contribution in [1.29, 1.82) is 0 Å². The highest BCUT2D eigenvalue weighted by atomic mass is 32.2. The van der Waals surface area contributed by atoms with Crippen LogP contribution in [0.1, 0.15) is 5.89 Å². The van der Waals surface area contributed by atoms with Crippen molar-refractivity contribution in [3.63, 3.8) is 0 Å². The number of carbonyl (C=O) groups is 1. The van der Waals surface area contributed by atoms with Crippen LogP contribution < -0.4 is 10.2 Å². The third kappa shape index (κ3) is 4.74. The maximum absolute atomic E-state index is 12.3. The molecule has 1 atom stereocenters. The Hall–Kier alpha value is -2.57. The van der Waals surface area contributed by atoms with Crippen LogP contribution in [0, 0.1) is 0 Å². The summed E-state index contributed by atoms with van der Waals surface area (Å²) in [5.41, 5.74) is 1.84. The average Bonchev–Trinajstić information content (AvgIpc) is 3.11. The Morgan fingerprint density at radius 2 is 1.88 bits per heavy atom. The highest BCUT2D eigenvalue weighted by molar-refractivity contribution is 7.98. The largest absolute Gasteiger partial charge is 0.435 e. The summed E-state index contributed by atoms with van der Waals surface area (Å²) >= 11 is 1.61. The van der Waals surface area contributed by atoms with Gasteiger partial charge < -0.3 is 14.6 Å². The Kier molecular flexibility index (Phi) is 6.09. The van der Waals surface area contributed by atoms with Crippen LogP contribution in [-0.2, 0) is 11.3 Å². The lowest BCUT2D eigenvalue weighted by Gasteiger charge is -2.13. The van der Waals surface area contributed by atoms with E-state index >= 15 is 0 Å². The zero-order valence-corrected chi connectivity index (χ0v) is 15.7. The molecule has 5 nitrogen and oxygen atoms in total.